The van der Waals surface area contributed by atoms with Crippen molar-refractivity contribution < 1.29 is 14.7 Å². The van der Waals surface area contributed by atoms with Gasteiger partial charge in [-0.2, -0.15) is 0 Å². The molecule has 0 heterocycles. The van der Waals surface area contributed by atoms with Crippen molar-refractivity contribution in [2.75, 3.05) is 13.1 Å². The highest BCUT2D eigenvalue weighted by atomic mass is 16.3. The second-order valence-corrected chi connectivity index (χ2v) is 8.00. The van der Waals surface area contributed by atoms with Crippen molar-refractivity contribution in [3.05, 3.63) is 0 Å². The maximum Gasteiger partial charge on any atom is 0.220 e. The van der Waals surface area contributed by atoms with E-state index >= 15 is 0 Å². The van der Waals surface area contributed by atoms with E-state index in [-0.39, 0.29) is 24.9 Å². The number of carbonyl (C=O) groups excluding carboxylic acids is 2. The summed E-state index contributed by atoms with van der Waals surface area (Å²) in [5.74, 6) is -0.0241. The first kappa shape index (κ1) is 26.9. The molecule has 3 N–H and O–H groups in total. The average molecular weight is 399 g/mol. The predicted octanol–water partition coefficient (Wildman–Crippen LogP) is 4.86. The Morgan fingerprint density at radius 1 is 0.607 bits per heavy atom. The fraction of sp³-hybridized carbons (Fsp3) is 0.913. The molecule has 0 aliphatic heterocycles. The summed E-state index contributed by atoms with van der Waals surface area (Å²) >= 11 is 0. The van der Waals surface area contributed by atoms with Crippen LogP contribution in [0, 0.1) is 0 Å². The molecule has 28 heavy (non-hydrogen) atoms. The second-order valence-electron chi connectivity index (χ2n) is 8.00. The number of hydrogen-bond acceptors (Lipinski definition) is 3. The molecule has 0 saturated heterocycles. The first-order chi connectivity index (χ1) is 13.6. The summed E-state index contributed by atoms with van der Waals surface area (Å²) in [4.78, 5) is 23.6. The topological polar surface area (TPSA) is 78.4 Å². The Hall–Kier alpha value is -1.10. The van der Waals surface area contributed by atoms with E-state index in [1.165, 1.54) is 64.2 Å². The monoisotopic (exact) mass is 398 g/mol. The summed E-state index contributed by atoms with van der Waals surface area (Å²) in [6.45, 7) is 4.82. The molecular formula is C23H46N2O3. The highest BCUT2D eigenvalue weighted by molar-refractivity contribution is 5.76. The third-order valence-electron chi connectivity index (χ3n) is 5.08. The van der Waals surface area contributed by atoms with E-state index in [1.54, 1.807) is 0 Å². The molecule has 0 saturated carbocycles. The van der Waals surface area contributed by atoms with E-state index in [0.29, 0.717) is 12.8 Å². The minimum absolute atomic E-state index is 0.0120. The van der Waals surface area contributed by atoms with Gasteiger partial charge in [-0.3, -0.25) is 9.59 Å². The lowest BCUT2D eigenvalue weighted by Crippen LogP contribution is -2.39. The van der Waals surface area contributed by atoms with Gasteiger partial charge < -0.3 is 15.7 Å². The van der Waals surface area contributed by atoms with Crippen LogP contribution in [-0.2, 0) is 9.59 Å². The summed E-state index contributed by atoms with van der Waals surface area (Å²) < 4.78 is 0. The number of rotatable bonds is 20. The van der Waals surface area contributed by atoms with Crippen molar-refractivity contribution in [1.29, 1.82) is 0 Å². The van der Waals surface area contributed by atoms with Gasteiger partial charge in [-0.1, -0.05) is 90.9 Å². The number of amides is 2. The number of hydrogen-bond donors (Lipinski definition) is 3. The lowest BCUT2D eigenvalue weighted by atomic mass is 10.1. The Morgan fingerprint density at radius 3 is 1.29 bits per heavy atom. The van der Waals surface area contributed by atoms with Gasteiger partial charge in [-0.15, -0.1) is 0 Å². The maximum absolute atomic E-state index is 11.8. The Balaban J connectivity index is 3.48. The third kappa shape index (κ3) is 19.7. The average Bonchev–Trinajstić information content (AvgIpc) is 2.69. The van der Waals surface area contributed by atoms with Gasteiger partial charge in [-0.25, -0.2) is 0 Å². The first-order valence-electron chi connectivity index (χ1n) is 11.8. The van der Waals surface area contributed by atoms with Crippen LogP contribution in [0.2, 0.25) is 0 Å². The van der Waals surface area contributed by atoms with Crippen molar-refractivity contribution in [3.63, 3.8) is 0 Å². The van der Waals surface area contributed by atoms with Crippen LogP contribution < -0.4 is 10.6 Å². The predicted molar refractivity (Wildman–Crippen MR) is 117 cm³/mol. The molecule has 0 aromatic heterocycles. The number of unbranched alkanes of at least 4 members (excludes halogenated alkanes) is 12. The van der Waals surface area contributed by atoms with Crippen molar-refractivity contribution >= 4 is 11.8 Å². The SMILES string of the molecule is CCCCCCCCCC(=O)NCC(O)CNC(=O)CCCCCCCCC. The van der Waals surface area contributed by atoms with E-state index in [2.05, 4.69) is 24.5 Å². The van der Waals surface area contributed by atoms with Gasteiger partial charge in [0.2, 0.25) is 11.8 Å². The molecule has 0 unspecified atom stereocenters. The van der Waals surface area contributed by atoms with Crippen LogP contribution in [0.4, 0.5) is 0 Å². The van der Waals surface area contributed by atoms with E-state index in [4.69, 9.17) is 0 Å². The normalized spacial score (nSPS) is 11.0. The minimum atomic E-state index is -0.726. The number of aliphatic hydroxyl groups is 1. The van der Waals surface area contributed by atoms with Crippen molar-refractivity contribution in [1.82, 2.24) is 10.6 Å². The van der Waals surface area contributed by atoms with Crippen LogP contribution in [0.1, 0.15) is 117 Å². The van der Waals surface area contributed by atoms with Gasteiger partial charge >= 0.3 is 0 Å². The van der Waals surface area contributed by atoms with Crippen LogP contribution in [0.5, 0.6) is 0 Å². The zero-order valence-corrected chi connectivity index (χ0v) is 18.6. The Bertz CT molecular complexity index is 341. The fourth-order valence-corrected chi connectivity index (χ4v) is 3.20. The van der Waals surface area contributed by atoms with E-state index < -0.39 is 6.10 Å². The Kier molecular flexibility index (Phi) is 19.8. The summed E-state index contributed by atoms with van der Waals surface area (Å²) in [5.41, 5.74) is 0. The Labute approximate surface area is 173 Å². The molecule has 2 amide bonds. The summed E-state index contributed by atoms with van der Waals surface area (Å²) in [7, 11) is 0. The molecule has 0 aromatic rings. The smallest absolute Gasteiger partial charge is 0.220 e. The van der Waals surface area contributed by atoms with Crippen molar-refractivity contribution in [2.45, 2.75) is 123 Å². The second kappa shape index (κ2) is 20.6. The maximum atomic E-state index is 11.8. The van der Waals surface area contributed by atoms with E-state index in [0.717, 1.165) is 25.7 Å². The molecule has 0 aromatic carbocycles. The van der Waals surface area contributed by atoms with Gasteiger partial charge in [-0.05, 0) is 12.8 Å². The zero-order valence-electron chi connectivity index (χ0n) is 18.6. The third-order valence-corrected chi connectivity index (χ3v) is 5.08. The molecule has 0 rings (SSSR count). The number of carbonyl (C=O) groups is 2. The summed E-state index contributed by atoms with van der Waals surface area (Å²) in [6, 6.07) is 0. The van der Waals surface area contributed by atoms with Crippen LogP contribution in [0.25, 0.3) is 0 Å². The van der Waals surface area contributed by atoms with Crippen LogP contribution in [0.3, 0.4) is 0 Å². The standard InChI is InChI=1S/C23H46N2O3/c1-3-5-7-9-11-13-15-17-22(27)24-19-21(26)20-25-23(28)18-16-14-12-10-8-6-4-2/h21,26H,3-20H2,1-2H3,(H,24,27)(H,25,28). The molecule has 5 heteroatoms. The zero-order chi connectivity index (χ0) is 20.9. The highest BCUT2D eigenvalue weighted by Crippen LogP contribution is 2.09. The van der Waals surface area contributed by atoms with Crippen LogP contribution in [-0.4, -0.2) is 36.1 Å². The molecule has 0 spiro atoms. The highest BCUT2D eigenvalue weighted by Gasteiger charge is 2.09. The quantitative estimate of drug-likeness (QED) is 0.256. The van der Waals surface area contributed by atoms with Gasteiger partial charge in [0.05, 0.1) is 6.10 Å². The molecule has 0 atom stereocenters. The molecular weight excluding hydrogens is 352 g/mol. The van der Waals surface area contributed by atoms with E-state index in [1.807, 2.05) is 0 Å². The summed E-state index contributed by atoms with van der Waals surface area (Å²) in [5, 5.41) is 15.4. The largest absolute Gasteiger partial charge is 0.389 e. The molecule has 166 valence electrons. The molecule has 0 fully saturated rings. The van der Waals surface area contributed by atoms with Crippen LogP contribution in [0.15, 0.2) is 0 Å². The minimum Gasteiger partial charge on any atom is -0.389 e. The van der Waals surface area contributed by atoms with Gasteiger partial charge in [0, 0.05) is 25.9 Å². The molecule has 0 radical (unpaired) electrons. The fourth-order valence-electron chi connectivity index (χ4n) is 3.20. The summed E-state index contributed by atoms with van der Waals surface area (Å²) in [6.07, 6.45) is 16.9. The van der Waals surface area contributed by atoms with Gasteiger partial charge in [0.1, 0.15) is 0 Å². The first-order valence-corrected chi connectivity index (χ1v) is 11.8. The molecule has 0 bridgehead atoms. The molecule has 5 nitrogen and oxygen atoms in total. The number of aliphatic hydroxyl groups excluding tert-OH is 1. The molecule has 0 aliphatic rings. The van der Waals surface area contributed by atoms with Crippen LogP contribution >= 0.6 is 0 Å². The van der Waals surface area contributed by atoms with Gasteiger partial charge in [0.25, 0.3) is 0 Å². The van der Waals surface area contributed by atoms with E-state index in [9.17, 15) is 14.7 Å². The molecule has 0 aliphatic carbocycles. The lowest BCUT2D eigenvalue weighted by Gasteiger charge is -2.13. The Morgan fingerprint density at radius 2 is 0.929 bits per heavy atom. The lowest BCUT2D eigenvalue weighted by molar-refractivity contribution is -0.121. The number of nitrogens with one attached hydrogen (secondary N) is 2. The van der Waals surface area contributed by atoms with Gasteiger partial charge in [0.15, 0.2) is 0 Å². The van der Waals surface area contributed by atoms with Crippen molar-refractivity contribution in [2.24, 2.45) is 0 Å². The van der Waals surface area contributed by atoms with Crippen molar-refractivity contribution in [3.8, 4) is 0 Å².